The molecule has 1 aromatic carbocycles. The molecule has 1 unspecified atom stereocenters. The topological polar surface area (TPSA) is 53.6 Å². The van der Waals surface area contributed by atoms with Gasteiger partial charge in [0.2, 0.25) is 0 Å². The molecule has 5 heteroatoms. The van der Waals surface area contributed by atoms with Crippen LogP contribution in [0.3, 0.4) is 0 Å². The van der Waals surface area contributed by atoms with E-state index in [0.29, 0.717) is 6.54 Å². The number of para-hydroxylation sites is 2. The Hall–Kier alpha value is -1.75. The van der Waals surface area contributed by atoms with Crippen molar-refractivity contribution in [2.45, 2.75) is 12.5 Å². The van der Waals surface area contributed by atoms with Gasteiger partial charge in [0, 0.05) is 19.6 Å². The average molecular weight is 261 g/mol. The van der Waals surface area contributed by atoms with Crippen LogP contribution in [-0.4, -0.2) is 49.6 Å². The molecule has 5 nitrogen and oxygen atoms in total. The third-order valence-electron chi connectivity index (χ3n) is 3.56. The number of hydrogen-bond donors (Lipinski definition) is 2. The third kappa shape index (κ3) is 2.66. The lowest BCUT2D eigenvalue weighted by Gasteiger charge is -2.30. The second-order valence-electron chi connectivity index (χ2n) is 4.91. The Balaban J connectivity index is 1.68. The molecule has 2 heterocycles. The zero-order valence-corrected chi connectivity index (χ0v) is 10.9. The van der Waals surface area contributed by atoms with E-state index >= 15 is 0 Å². The van der Waals surface area contributed by atoms with E-state index in [2.05, 4.69) is 10.6 Å². The zero-order chi connectivity index (χ0) is 13.1. The van der Waals surface area contributed by atoms with Crippen LogP contribution in [0.1, 0.15) is 6.42 Å². The number of amides is 1. The zero-order valence-electron chi connectivity index (χ0n) is 10.9. The quantitative estimate of drug-likeness (QED) is 0.780. The van der Waals surface area contributed by atoms with Crippen molar-refractivity contribution >= 4 is 11.6 Å². The first-order chi connectivity index (χ1) is 9.34. The Morgan fingerprint density at radius 2 is 2.16 bits per heavy atom. The van der Waals surface area contributed by atoms with Crippen molar-refractivity contribution in [3.05, 3.63) is 24.3 Å². The summed E-state index contributed by atoms with van der Waals surface area (Å²) in [6.07, 6.45) is 0.593. The molecule has 1 fully saturated rings. The summed E-state index contributed by atoms with van der Waals surface area (Å²) in [5.74, 6) is 0.853. The first kappa shape index (κ1) is 12.3. The van der Waals surface area contributed by atoms with Crippen LogP contribution in [-0.2, 0) is 4.79 Å². The van der Waals surface area contributed by atoms with Crippen LogP contribution in [0.25, 0.3) is 0 Å². The number of rotatable bonds is 1. The third-order valence-corrected chi connectivity index (χ3v) is 3.56. The molecule has 0 aliphatic carbocycles. The van der Waals surface area contributed by atoms with Crippen LogP contribution in [0, 0.1) is 0 Å². The van der Waals surface area contributed by atoms with Gasteiger partial charge in [-0.05, 0) is 25.1 Å². The molecule has 2 aliphatic rings. The van der Waals surface area contributed by atoms with Gasteiger partial charge in [-0.15, -0.1) is 0 Å². The van der Waals surface area contributed by atoms with Crippen molar-refractivity contribution in [2.24, 2.45) is 0 Å². The lowest BCUT2D eigenvalue weighted by Crippen LogP contribution is -2.48. The summed E-state index contributed by atoms with van der Waals surface area (Å²) in [5, 5.41) is 6.56. The van der Waals surface area contributed by atoms with Crippen molar-refractivity contribution in [1.29, 1.82) is 0 Å². The van der Waals surface area contributed by atoms with Crippen molar-refractivity contribution in [3.8, 4) is 5.75 Å². The van der Waals surface area contributed by atoms with Crippen LogP contribution < -0.4 is 15.4 Å². The Morgan fingerprint density at radius 1 is 1.26 bits per heavy atom. The number of carbonyl (C=O) groups is 1. The van der Waals surface area contributed by atoms with Crippen LogP contribution in [0.2, 0.25) is 0 Å². The van der Waals surface area contributed by atoms with Crippen LogP contribution >= 0.6 is 0 Å². The molecule has 3 rings (SSSR count). The molecule has 1 amide bonds. The van der Waals surface area contributed by atoms with Crippen LogP contribution in [0.4, 0.5) is 5.69 Å². The van der Waals surface area contributed by atoms with Gasteiger partial charge in [0.05, 0.1) is 12.2 Å². The Kier molecular flexibility index (Phi) is 3.55. The molecule has 102 valence electrons. The predicted molar refractivity (Wildman–Crippen MR) is 73.4 cm³/mol. The maximum Gasteiger partial charge on any atom is 0.265 e. The van der Waals surface area contributed by atoms with Gasteiger partial charge < -0.3 is 20.3 Å². The molecular formula is C14H19N3O2. The highest BCUT2D eigenvalue weighted by Gasteiger charge is 2.29. The fourth-order valence-electron chi connectivity index (χ4n) is 2.52. The molecule has 0 saturated carbocycles. The van der Waals surface area contributed by atoms with E-state index in [1.54, 1.807) is 0 Å². The summed E-state index contributed by atoms with van der Waals surface area (Å²) in [5.41, 5.74) is 0.962. The highest BCUT2D eigenvalue weighted by Crippen LogP contribution is 2.28. The second kappa shape index (κ2) is 5.48. The SMILES string of the molecule is O=C(C1CNc2ccccc2O1)N1CCCNCC1. The molecule has 0 bridgehead atoms. The van der Waals surface area contributed by atoms with E-state index < -0.39 is 6.10 Å². The molecule has 1 saturated heterocycles. The average Bonchev–Trinajstić information content (AvgIpc) is 2.75. The monoisotopic (exact) mass is 261 g/mol. The smallest absolute Gasteiger partial charge is 0.265 e. The Labute approximate surface area is 112 Å². The highest BCUT2D eigenvalue weighted by atomic mass is 16.5. The molecular weight excluding hydrogens is 242 g/mol. The van der Waals surface area contributed by atoms with E-state index in [0.717, 1.165) is 44.0 Å². The summed E-state index contributed by atoms with van der Waals surface area (Å²) in [4.78, 5) is 14.4. The second-order valence-corrected chi connectivity index (χ2v) is 4.91. The van der Waals surface area contributed by atoms with Gasteiger partial charge in [0.1, 0.15) is 5.75 Å². The van der Waals surface area contributed by atoms with Gasteiger partial charge in [-0.2, -0.15) is 0 Å². The molecule has 2 aliphatic heterocycles. The fraction of sp³-hybridized carbons (Fsp3) is 0.500. The molecule has 0 aromatic heterocycles. The largest absolute Gasteiger partial charge is 0.477 e. The van der Waals surface area contributed by atoms with Crippen LogP contribution in [0.5, 0.6) is 5.75 Å². The number of benzene rings is 1. The Bertz CT molecular complexity index is 456. The predicted octanol–water partition coefficient (Wildman–Crippen LogP) is 0.681. The minimum absolute atomic E-state index is 0.0886. The maximum atomic E-state index is 12.4. The lowest BCUT2D eigenvalue weighted by atomic mass is 10.2. The normalized spacial score (nSPS) is 22.7. The molecule has 1 aromatic rings. The fourth-order valence-corrected chi connectivity index (χ4v) is 2.52. The van der Waals surface area contributed by atoms with Gasteiger partial charge in [-0.1, -0.05) is 12.1 Å². The molecule has 19 heavy (non-hydrogen) atoms. The van der Waals surface area contributed by atoms with Gasteiger partial charge in [0.25, 0.3) is 5.91 Å². The molecule has 0 spiro atoms. The van der Waals surface area contributed by atoms with E-state index in [-0.39, 0.29) is 5.91 Å². The number of nitrogens with one attached hydrogen (secondary N) is 2. The molecule has 2 N–H and O–H groups in total. The van der Waals surface area contributed by atoms with E-state index in [1.165, 1.54) is 0 Å². The number of fused-ring (bicyclic) bond motifs is 1. The van der Waals surface area contributed by atoms with Gasteiger partial charge in [-0.3, -0.25) is 4.79 Å². The van der Waals surface area contributed by atoms with Gasteiger partial charge in [-0.25, -0.2) is 0 Å². The Morgan fingerprint density at radius 3 is 3.11 bits per heavy atom. The van der Waals surface area contributed by atoms with E-state index in [1.807, 2.05) is 29.2 Å². The highest BCUT2D eigenvalue weighted by molar-refractivity contribution is 5.83. The number of anilines is 1. The maximum absolute atomic E-state index is 12.4. The minimum atomic E-state index is -0.409. The molecule has 0 radical (unpaired) electrons. The number of carbonyl (C=O) groups excluding carboxylic acids is 1. The van der Waals surface area contributed by atoms with Crippen LogP contribution in [0.15, 0.2) is 24.3 Å². The first-order valence-electron chi connectivity index (χ1n) is 6.83. The summed E-state index contributed by atoms with van der Waals surface area (Å²) in [6, 6.07) is 7.73. The van der Waals surface area contributed by atoms with Crippen molar-refractivity contribution in [3.63, 3.8) is 0 Å². The minimum Gasteiger partial charge on any atom is -0.477 e. The summed E-state index contributed by atoms with van der Waals surface area (Å²) >= 11 is 0. The van der Waals surface area contributed by atoms with E-state index in [4.69, 9.17) is 4.74 Å². The number of nitrogens with zero attached hydrogens (tertiary/aromatic N) is 1. The number of hydrogen-bond acceptors (Lipinski definition) is 4. The van der Waals surface area contributed by atoms with E-state index in [9.17, 15) is 4.79 Å². The van der Waals surface area contributed by atoms with Crippen molar-refractivity contribution < 1.29 is 9.53 Å². The standard InChI is InChI=1S/C14H19N3O2/c18-14(17-8-3-6-15-7-9-17)13-10-16-11-4-1-2-5-12(11)19-13/h1-2,4-5,13,15-16H,3,6-10H2. The van der Waals surface area contributed by atoms with Crippen molar-refractivity contribution in [2.75, 3.05) is 38.0 Å². The molecule has 1 atom stereocenters. The summed E-state index contributed by atoms with van der Waals surface area (Å²) in [6.45, 7) is 3.96. The lowest BCUT2D eigenvalue weighted by molar-refractivity contribution is -0.138. The summed E-state index contributed by atoms with van der Waals surface area (Å²) < 4.78 is 5.81. The van der Waals surface area contributed by atoms with Gasteiger partial charge in [0.15, 0.2) is 6.10 Å². The number of ether oxygens (including phenoxy) is 1. The van der Waals surface area contributed by atoms with Crippen molar-refractivity contribution in [1.82, 2.24) is 10.2 Å². The summed E-state index contributed by atoms with van der Waals surface area (Å²) in [7, 11) is 0. The van der Waals surface area contributed by atoms with Gasteiger partial charge >= 0.3 is 0 Å². The first-order valence-corrected chi connectivity index (χ1v) is 6.83.